The number of para-hydroxylation sites is 1. The molecule has 1 aliphatic rings. The van der Waals surface area contributed by atoms with E-state index < -0.39 is 12.1 Å². The van der Waals surface area contributed by atoms with Gasteiger partial charge in [-0.25, -0.2) is 4.79 Å². The summed E-state index contributed by atoms with van der Waals surface area (Å²) in [6.45, 7) is 1.80. The van der Waals surface area contributed by atoms with Gasteiger partial charge in [-0.2, -0.15) is 13.2 Å². The molecule has 0 bridgehead atoms. The van der Waals surface area contributed by atoms with E-state index in [2.05, 4.69) is 10.2 Å². The van der Waals surface area contributed by atoms with Crippen LogP contribution in [0.1, 0.15) is 17.9 Å². The molecule has 2 heterocycles. The smallest absolute Gasteiger partial charge is 0.413 e. The molecule has 0 radical (unpaired) electrons. The van der Waals surface area contributed by atoms with Crippen LogP contribution in [0.4, 0.5) is 23.7 Å². The number of halogens is 3. The SMILES string of the molecule is O=C(N1CCC1)N(Cc1ccc(-c2nnc(C(F)(F)F)o2)cc1)c1ccccc1. The van der Waals surface area contributed by atoms with Crippen LogP contribution in [0.5, 0.6) is 0 Å². The lowest BCUT2D eigenvalue weighted by Gasteiger charge is -2.36. The van der Waals surface area contributed by atoms with Gasteiger partial charge in [-0.05, 0) is 36.2 Å². The van der Waals surface area contributed by atoms with Crippen molar-refractivity contribution >= 4 is 11.7 Å². The highest BCUT2D eigenvalue weighted by atomic mass is 19.4. The lowest BCUT2D eigenvalue weighted by Crippen LogP contribution is -2.49. The fourth-order valence-electron chi connectivity index (χ4n) is 2.95. The molecule has 1 saturated heterocycles. The van der Waals surface area contributed by atoms with Crippen molar-refractivity contribution in [1.29, 1.82) is 0 Å². The summed E-state index contributed by atoms with van der Waals surface area (Å²) in [6, 6.07) is 15.9. The molecule has 0 spiro atoms. The van der Waals surface area contributed by atoms with Gasteiger partial charge in [0.2, 0.25) is 5.89 Å². The Labute approximate surface area is 164 Å². The maximum Gasteiger partial charge on any atom is 0.470 e. The first-order valence-electron chi connectivity index (χ1n) is 9.03. The van der Waals surface area contributed by atoms with Crippen molar-refractivity contribution in [2.24, 2.45) is 0 Å². The third kappa shape index (κ3) is 4.08. The van der Waals surface area contributed by atoms with Crippen LogP contribution in [0.3, 0.4) is 0 Å². The maximum atomic E-state index is 12.8. The van der Waals surface area contributed by atoms with Gasteiger partial charge in [0.15, 0.2) is 0 Å². The number of nitrogens with zero attached hydrogens (tertiary/aromatic N) is 4. The van der Waals surface area contributed by atoms with Gasteiger partial charge in [0.1, 0.15) is 0 Å². The van der Waals surface area contributed by atoms with Crippen LogP contribution in [0.2, 0.25) is 0 Å². The minimum absolute atomic E-state index is 0.0711. The molecular weight excluding hydrogens is 385 g/mol. The molecule has 6 nitrogen and oxygen atoms in total. The Bertz CT molecular complexity index is 983. The Morgan fingerprint density at radius 2 is 1.72 bits per heavy atom. The lowest BCUT2D eigenvalue weighted by molar-refractivity contribution is -0.156. The van der Waals surface area contributed by atoms with Gasteiger partial charge >= 0.3 is 18.1 Å². The molecule has 1 fully saturated rings. The zero-order chi connectivity index (χ0) is 20.4. The summed E-state index contributed by atoms with van der Waals surface area (Å²) in [6.07, 6.45) is -3.69. The maximum absolute atomic E-state index is 12.8. The third-order valence-corrected chi connectivity index (χ3v) is 4.63. The normalized spacial score (nSPS) is 13.8. The van der Waals surface area contributed by atoms with Crippen molar-refractivity contribution in [3.8, 4) is 11.5 Å². The predicted molar refractivity (Wildman–Crippen MR) is 98.9 cm³/mol. The van der Waals surface area contributed by atoms with E-state index in [1.807, 2.05) is 30.3 Å². The highest BCUT2D eigenvalue weighted by molar-refractivity contribution is 5.92. The van der Waals surface area contributed by atoms with E-state index in [4.69, 9.17) is 4.42 Å². The average Bonchev–Trinajstić information content (AvgIpc) is 3.16. The number of anilines is 1. The van der Waals surface area contributed by atoms with Crippen molar-refractivity contribution in [2.45, 2.75) is 19.1 Å². The van der Waals surface area contributed by atoms with Crippen LogP contribution in [-0.4, -0.2) is 34.2 Å². The number of benzene rings is 2. The number of aromatic nitrogens is 2. The van der Waals surface area contributed by atoms with E-state index in [0.717, 1.165) is 30.8 Å². The molecule has 0 saturated carbocycles. The third-order valence-electron chi connectivity index (χ3n) is 4.63. The lowest BCUT2D eigenvalue weighted by atomic mass is 10.1. The number of likely N-dealkylation sites (tertiary alicyclic amines) is 1. The highest BCUT2D eigenvalue weighted by Gasteiger charge is 2.38. The Morgan fingerprint density at radius 1 is 1.03 bits per heavy atom. The Morgan fingerprint density at radius 3 is 2.28 bits per heavy atom. The standard InChI is InChI=1S/C20H17F3N4O2/c21-20(22,23)18-25-24-17(29-18)15-9-7-14(8-10-15)13-27(16-5-2-1-3-6-16)19(28)26-11-4-12-26/h1-3,5-10H,4,11-13H2. The van der Waals surface area contributed by atoms with Crippen LogP contribution in [0, 0.1) is 0 Å². The van der Waals surface area contributed by atoms with Gasteiger partial charge in [-0.3, -0.25) is 4.90 Å². The largest absolute Gasteiger partial charge is 0.470 e. The number of hydrogen-bond acceptors (Lipinski definition) is 4. The fourth-order valence-corrected chi connectivity index (χ4v) is 2.95. The van der Waals surface area contributed by atoms with Crippen molar-refractivity contribution in [2.75, 3.05) is 18.0 Å². The van der Waals surface area contributed by atoms with E-state index in [-0.39, 0.29) is 11.9 Å². The Balaban J connectivity index is 1.54. The van der Waals surface area contributed by atoms with Crippen molar-refractivity contribution in [1.82, 2.24) is 15.1 Å². The minimum atomic E-state index is -4.68. The van der Waals surface area contributed by atoms with Crippen LogP contribution in [-0.2, 0) is 12.7 Å². The van der Waals surface area contributed by atoms with Crippen LogP contribution in [0.15, 0.2) is 59.0 Å². The zero-order valence-corrected chi connectivity index (χ0v) is 15.3. The molecule has 0 unspecified atom stereocenters. The van der Waals surface area contributed by atoms with Crippen LogP contribution in [0.25, 0.3) is 11.5 Å². The molecule has 9 heteroatoms. The van der Waals surface area contributed by atoms with Gasteiger partial charge in [0.05, 0.1) is 6.54 Å². The number of hydrogen-bond donors (Lipinski definition) is 0. The second kappa shape index (κ2) is 7.57. The number of amides is 2. The fraction of sp³-hybridized carbons (Fsp3) is 0.250. The van der Waals surface area contributed by atoms with Crippen molar-refractivity contribution in [3.05, 3.63) is 66.1 Å². The summed E-state index contributed by atoms with van der Waals surface area (Å²) in [5, 5.41) is 6.49. The number of urea groups is 1. The summed E-state index contributed by atoms with van der Waals surface area (Å²) in [5.74, 6) is -1.59. The quantitative estimate of drug-likeness (QED) is 0.641. The molecule has 3 aromatic rings. The van der Waals surface area contributed by atoms with E-state index in [1.54, 1.807) is 34.1 Å². The second-order valence-electron chi connectivity index (χ2n) is 6.65. The Kier molecular flexibility index (Phi) is 4.96. The molecule has 150 valence electrons. The molecule has 2 aromatic carbocycles. The topological polar surface area (TPSA) is 62.5 Å². The van der Waals surface area contributed by atoms with Gasteiger partial charge < -0.3 is 9.32 Å². The van der Waals surface area contributed by atoms with E-state index in [9.17, 15) is 18.0 Å². The van der Waals surface area contributed by atoms with Crippen LogP contribution < -0.4 is 4.90 Å². The first-order valence-corrected chi connectivity index (χ1v) is 9.03. The summed E-state index contributed by atoms with van der Waals surface area (Å²) >= 11 is 0. The zero-order valence-electron chi connectivity index (χ0n) is 15.3. The summed E-state index contributed by atoms with van der Waals surface area (Å²) in [5.41, 5.74) is 1.97. The molecule has 1 aliphatic heterocycles. The first-order chi connectivity index (χ1) is 13.9. The Hall–Kier alpha value is -3.36. The van der Waals surface area contributed by atoms with Crippen LogP contribution >= 0.6 is 0 Å². The number of carbonyl (C=O) groups is 1. The molecule has 2 amide bonds. The molecular formula is C20H17F3N4O2. The molecule has 1 aromatic heterocycles. The second-order valence-corrected chi connectivity index (χ2v) is 6.65. The number of carbonyl (C=O) groups excluding carboxylic acids is 1. The molecule has 0 N–H and O–H groups in total. The van der Waals surface area contributed by atoms with Crippen molar-refractivity contribution in [3.63, 3.8) is 0 Å². The number of alkyl halides is 3. The van der Waals surface area contributed by atoms with Gasteiger partial charge in [0, 0.05) is 24.3 Å². The molecule has 4 rings (SSSR count). The van der Waals surface area contributed by atoms with Crippen molar-refractivity contribution < 1.29 is 22.4 Å². The van der Waals surface area contributed by atoms with E-state index in [0.29, 0.717) is 12.1 Å². The van der Waals surface area contributed by atoms with E-state index >= 15 is 0 Å². The number of rotatable bonds is 4. The minimum Gasteiger partial charge on any atom is -0.413 e. The first kappa shape index (κ1) is 19.0. The molecule has 0 atom stereocenters. The van der Waals surface area contributed by atoms with Gasteiger partial charge in [0.25, 0.3) is 0 Å². The summed E-state index contributed by atoms with van der Waals surface area (Å²) in [7, 11) is 0. The van der Waals surface area contributed by atoms with Gasteiger partial charge in [-0.1, -0.05) is 30.3 Å². The van der Waals surface area contributed by atoms with Gasteiger partial charge in [-0.15, -0.1) is 10.2 Å². The van der Waals surface area contributed by atoms with E-state index in [1.165, 1.54) is 0 Å². The summed E-state index contributed by atoms with van der Waals surface area (Å²) < 4.78 is 42.6. The molecule has 0 aliphatic carbocycles. The average molecular weight is 402 g/mol. The monoisotopic (exact) mass is 402 g/mol. The predicted octanol–water partition coefficient (Wildman–Crippen LogP) is 4.59. The highest BCUT2D eigenvalue weighted by Crippen LogP contribution is 2.30. The summed E-state index contributed by atoms with van der Waals surface area (Å²) in [4.78, 5) is 16.3. The molecule has 29 heavy (non-hydrogen) atoms.